The van der Waals surface area contributed by atoms with Gasteiger partial charge in [0.05, 0.1) is 15.8 Å². The molecule has 2 N–H and O–H groups in total. The Morgan fingerprint density at radius 2 is 1.85 bits per heavy atom. The number of nitrogens with one attached hydrogen (secondary N) is 2. The van der Waals surface area contributed by atoms with Crippen molar-refractivity contribution in [3.05, 3.63) is 68.4 Å². The Kier molecular flexibility index (Phi) is 9.02. The molecule has 0 radical (unpaired) electrons. The highest BCUT2D eigenvalue weighted by atomic mass is 35.5. The molecule has 33 heavy (non-hydrogen) atoms. The number of hydrogen-bond donors (Lipinski definition) is 2. The van der Waals surface area contributed by atoms with E-state index in [-0.39, 0.29) is 17.6 Å². The van der Waals surface area contributed by atoms with Crippen molar-refractivity contribution in [3.8, 4) is 0 Å². The third-order valence-corrected chi connectivity index (χ3v) is 6.92. The number of rotatable bonds is 9. The summed E-state index contributed by atoms with van der Waals surface area (Å²) in [6.07, 6.45) is 0.488. The predicted molar refractivity (Wildman–Crippen MR) is 134 cm³/mol. The van der Waals surface area contributed by atoms with Crippen LogP contribution in [0, 0.1) is 6.92 Å². The molecule has 11 heteroatoms. The van der Waals surface area contributed by atoms with Crippen molar-refractivity contribution in [2.24, 2.45) is 0 Å². The van der Waals surface area contributed by atoms with Crippen LogP contribution in [0.3, 0.4) is 0 Å². The average Bonchev–Trinajstić information content (AvgIpc) is 3.19. The molecule has 0 aliphatic heterocycles. The largest absolute Gasteiger partial charge is 0.352 e. The normalized spacial score (nSPS) is 10.8. The fourth-order valence-corrected chi connectivity index (χ4v) is 4.31. The lowest BCUT2D eigenvalue weighted by atomic mass is 10.2. The molecule has 0 aliphatic rings. The van der Waals surface area contributed by atoms with Gasteiger partial charge >= 0.3 is 0 Å². The summed E-state index contributed by atoms with van der Waals surface area (Å²) in [5.74, 6) is 0.490. The quantitative estimate of drug-likeness (QED) is 0.371. The number of anilines is 1. The van der Waals surface area contributed by atoms with Crippen LogP contribution in [0.5, 0.6) is 0 Å². The van der Waals surface area contributed by atoms with E-state index in [0.29, 0.717) is 51.0 Å². The number of aromatic nitrogens is 3. The second-order valence-corrected chi connectivity index (χ2v) is 9.19. The van der Waals surface area contributed by atoms with Crippen molar-refractivity contribution < 1.29 is 9.59 Å². The molecule has 0 saturated carbocycles. The SMILES string of the molecule is CCn1c(CCNC(=O)c2ccc(Cl)c(Cl)c2)nnc1SCC(=O)Nc1cccc(Cl)c1C. The summed E-state index contributed by atoms with van der Waals surface area (Å²) in [4.78, 5) is 24.7. The van der Waals surface area contributed by atoms with Crippen LogP contribution in [0.1, 0.15) is 28.7 Å². The van der Waals surface area contributed by atoms with E-state index in [0.717, 1.165) is 11.4 Å². The molecule has 2 amide bonds. The first-order valence-electron chi connectivity index (χ1n) is 10.1. The minimum absolute atomic E-state index is 0.161. The number of benzene rings is 2. The first kappa shape index (κ1) is 25.4. The molecule has 7 nitrogen and oxygen atoms in total. The van der Waals surface area contributed by atoms with Crippen LogP contribution in [0.15, 0.2) is 41.6 Å². The third-order valence-electron chi connectivity index (χ3n) is 4.80. The van der Waals surface area contributed by atoms with Gasteiger partial charge in [-0.1, -0.05) is 52.6 Å². The second kappa shape index (κ2) is 11.7. The summed E-state index contributed by atoms with van der Waals surface area (Å²) in [5.41, 5.74) is 1.93. The monoisotopic (exact) mass is 525 g/mol. The molecule has 3 aromatic rings. The van der Waals surface area contributed by atoms with Crippen LogP contribution in [0.25, 0.3) is 0 Å². The fraction of sp³-hybridized carbons (Fsp3) is 0.273. The number of hydrogen-bond acceptors (Lipinski definition) is 5. The van der Waals surface area contributed by atoms with E-state index in [1.807, 2.05) is 24.5 Å². The van der Waals surface area contributed by atoms with Crippen molar-refractivity contribution >= 4 is 64.1 Å². The molecule has 3 rings (SSSR count). The smallest absolute Gasteiger partial charge is 0.251 e. The van der Waals surface area contributed by atoms with Crippen molar-refractivity contribution in [2.45, 2.75) is 32.0 Å². The Hall–Kier alpha value is -2.26. The van der Waals surface area contributed by atoms with Crippen molar-refractivity contribution in [1.29, 1.82) is 0 Å². The summed E-state index contributed by atoms with van der Waals surface area (Å²) >= 11 is 19.3. The highest BCUT2D eigenvalue weighted by Crippen LogP contribution is 2.24. The summed E-state index contributed by atoms with van der Waals surface area (Å²) in [6, 6.07) is 10.1. The molecule has 1 heterocycles. The van der Waals surface area contributed by atoms with Crippen LogP contribution in [0.2, 0.25) is 15.1 Å². The van der Waals surface area contributed by atoms with Gasteiger partial charge in [-0.2, -0.15) is 0 Å². The average molecular weight is 527 g/mol. The first-order chi connectivity index (χ1) is 15.8. The van der Waals surface area contributed by atoms with E-state index >= 15 is 0 Å². The van der Waals surface area contributed by atoms with Gasteiger partial charge in [-0.25, -0.2) is 0 Å². The van der Waals surface area contributed by atoms with Gasteiger partial charge in [0.2, 0.25) is 5.91 Å². The van der Waals surface area contributed by atoms with Gasteiger partial charge in [0.15, 0.2) is 5.16 Å². The molecule has 0 aliphatic carbocycles. The molecule has 2 aromatic carbocycles. The topological polar surface area (TPSA) is 88.9 Å². The Balaban J connectivity index is 1.53. The van der Waals surface area contributed by atoms with Gasteiger partial charge in [-0.3, -0.25) is 9.59 Å². The lowest BCUT2D eigenvalue weighted by Crippen LogP contribution is -2.26. The Labute approximate surface area is 211 Å². The fourth-order valence-electron chi connectivity index (χ4n) is 3.01. The predicted octanol–water partition coefficient (Wildman–Crippen LogP) is 5.27. The minimum Gasteiger partial charge on any atom is -0.352 e. The molecular formula is C22H22Cl3N5O2S. The zero-order valence-corrected chi connectivity index (χ0v) is 21.1. The number of carbonyl (C=O) groups excluding carboxylic acids is 2. The molecule has 0 atom stereocenters. The summed E-state index contributed by atoms with van der Waals surface area (Å²) < 4.78 is 1.92. The molecule has 174 valence electrons. The van der Waals surface area contributed by atoms with Gasteiger partial charge in [0.1, 0.15) is 5.82 Å². The van der Waals surface area contributed by atoms with Crippen LogP contribution in [-0.2, 0) is 17.8 Å². The van der Waals surface area contributed by atoms with E-state index in [9.17, 15) is 9.59 Å². The van der Waals surface area contributed by atoms with E-state index in [1.165, 1.54) is 17.8 Å². The third kappa shape index (κ3) is 6.63. The van der Waals surface area contributed by atoms with Crippen LogP contribution in [0.4, 0.5) is 5.69 Å². The highest BCUT2D eigenvalue weighted by molar-refractivity contribution is 7.99. The zero-order valence-electron chi connectivity index (χ0n) is 18.0. The van der Waals surface area contributed by atoms with E-state index in [1.54, 1.807) is 24.3 Å². The van der Waals surface area contributed by atoms with E-state index < -0.39 is 0 Å². The Morgan fingerprint density at radius 1 is 1.06 bits per heavy atom. The van der Waals surface area contributed by atoms with Gasteiger partial charge < -0.3 is 15.2 Å². The molecule has 0 saturated heterocycles. The first-order valence-corrected chi connectivity index (χ1v) is 12.2. The maximum absolute atomic E-state index is 12.4. The lowest BCUT2D eigenvalue weighted by molar-refractivity contribution is -0.113. The number of nitrogens with zero attached hydrogens (tertiary/aromatic N) is 3. The van der Waals surface area contributed by atoms with E-state index in [4.69, 9.17) is 34.8 Å². The Bertz CT molecular complexity index is 1170. The van der Waals surface area contributed by atoms with Crippen LogP contribution < -0.4 is 10.6 Å². The summed E-state index contributed by atoms with van der Waals surface area (Å²) in [5, 5.41) is 16.1. The van der Waals surface area contributed by atoms with Crippen LogP contribution >= 0.6 is 46.6 Å². The maximum atomic E-state index is 12.4. The van der Waals surface area contributed by atoms with Gasteiger partial charge in [-0.15, -0.1) is 10.2 Å². The number of halogens is 3. The zero-order chi connectivity index (χ0) is 24.0. The molecule has 1 aromatic heterocycles. The second-order valence-electron chi connectivity index (χ2n) is 7.03. The van der Waals surface area contributed by atoms with Crippen LogP contribution in [-0.4, -0.2) is 38.9 Å². The highest BCUT2D eigenvalue weighted by Gasteiger charge is 2.15. The van der Waals surface area contributed by atoms with Crippen molar-refractivity contribution in [3.63, 3.8) is 0 Å². The molecule has 0 fully saturated rings. The van der Waals surface area contributed by atoms with Crippen molar-refractivity contribution in [2.75, 3.05) is 17.6 Å². The molecule has 0 unspecified atom stereocenters. The van der Waals surface area contributed by atoms with Gasteiger partial charge in [0.25, 0.3) is 5.91 Å². The van der Waals surface area contributed by atoms with Gasteiger partial charge in [-0.05, 0) is 49.7 Å². The Morgan fingerprint density at radius 3 is 2.58 bits per heavy atom. The maximum Gasteiger partial charge on any atom is 0.251 e. The number of thioether (sulfide) groups is 1. The summed E-state index contributed by atoms with van der Waals surface area (Å²) in [6.45, 7) is 4.84. The molecule has 0 spiro atoms. The van der Waals surface area contributed by atoms with Crippen molar-refractivity contribution in [1.82, 2.24) is 20.1 Å². The number of amides is 2. The molecular weight excluding hydrogens is 505 g/mol. The minimum atomic E-state index is -0.251. The van der Waals surface area contributed by atoms with E-state index in [2.05, 4.69) is 20.8 Å². The molecule has 0 bridgehead atoms. The number of carbonyl (C=O) groups is 2. The summed E-state index contributed by atoms with van der Waals surface area (Å²) in [7, 11) is 0. The lowest BCUT2D eigenvalue weighted by Gasteiger charge is -2.10. The van der Waals surface area contributed by atoms with Gasteiger partial charge in [0, 0.05) is 35.8 Å². The standard InChI is InChI=1S/C22H22Cl3N5O2S/c1-3-30-19(9-10-26-21(32)14-7-8-16(24)17(25)11-14)28-29-22(30)33-12-20(31)27-18-6-4-5-15(23)13(18)2/h4-8,11H,3,9-10,12H2,1-2H3,(H,26,32)(H,27,31).